The molecule has 0 amide bonds. The molecule has 3 heterocycles. The van der Waals surface area contributed by atoms with E-state index in [-0.39, 0.29) is 5.54 Å². The lowest BCUT2D eigenvalue weighted by molar-refractivity contribution is -0.736. The first-order valence-corrected chi connectivity index (χ1v) is 13.0. The van der Waals surface area contributed by atoms with Crippen LogP contribution in [0.2, 0.25) is 0 Å². The van der Waals surface area contributed by atoms with Crippen molar-refractivity contribution in [2.75, 3.05) is 12.4 Å². The predicted octanol–water partition coefficient (Wildman–Crippen LogP) is 6.64. The molecule has 3 N–H and O–H groups in total. The highest BCUT2D eigenvalue weighted by Gasteiger charge is 2.34. The van der Waals surface area contributed by atoms with E-state index in [0.29, 0.717) is 10.6 Å². The highest BCUT2D eigenvalue weighted by Crippen LogP contribution is 2.45. The van der Waals surface area contributed by atoms with Crippen molar-refractivity contribution in [3.63, 3.8) is 0 Å². The summed E-state index contributed by atoms with van der Waals surface area (Å²) in [5, 5.41) is 3.50. The van der Waals surface area contributed by atoms with Crippen LogP contribution >= 0.6 is 0 Å². The Morgan fingerprint density at radius 2 is 1.79 bits per heavy atom. The average molecular weight is 516 g/mol. The van der Waals surface area contributed by atoms with Gasteiger partial charge in [0.1, 0.15) is 5.82 Å². The second kappa shape index (κ2) is 8.89. The van der Waals surface area contributed by atoms with Gasteiger partial charge in [-0.05, 0) is 49.1 Å². The van der Waals surface area contributed by atoms with E-state index in [9.17, 15) is 4.91 Å². The maximum absolute atomic E-state index is 12.3. The van der Waals surface area contributed by atoms with Gasteiger partial charge in [-0.1, -0.05) is 48.5 Å². The van der Waals surface area contributed by atoms with E-state index >= 15 is 0 Å². The van der Waals surface area contributed by atoms with Crippen LogP contribution < -0.4 is 11.1 Å². The van der Waals surface area contributed by atoms with Gasteiger partial charge in [0.05, 0.1) is 27.7 Å². The van der Waals surface area contributed by atoms with Crippen LogP contribution in [0.3, 0.4) is 0 Å². The van der Waals surface area contributed by atoms with Gasteiger partial charge in [-0.2, -0.15) is 0 Å². The Hall–Kier alpha value is -4.82. The fourth-order valence-electron chi connectivity index (χ4n) is 5.57. The zero-order valence-electron chi connectivity index (χ0n) is 21.5. The number of para-hydroxylation sites is 1. The Morgan fingerprint density at radius 3 is 2.56 bits per heavy atom. The number of nitrogens with one attached hydrogen (secondary N) is 1. The van der Waals surface area contributed by atoms with Crippen LogP contribution in [0, 0.1) is 4.91 Å². The topological polar surface area (TPSA) is 98.1 Å². The molecule has 8 heteroatoms. The molecular weight excluding hydrogens is 488 g/mol. The largest absolute Gasteiger partial charge is 0.338 e. The number of nitrogens with zero attached hydrogens (tertiary/aromatic N) is 4. The number of fused-ring (bicyclic) bond motifs is 5. The highest BCUT2D eigenvalue weighted by molar-refractivity contribution is 5.91. The van der Waals surface area contributed by atoms with Crippen LogP contribution in [0.4, 0.5) is 17.2 Å². The molecule has 0 atom stereocenters. The minimum Gasteiger partial charge on any atom is -0.338 e. The van der Waals surface area contributed by atoms with E-state index in [4.69, 9.17) is 15.6 Å². The van der Waals surface area contributed by atoms with Crippen molar-refractivity contribution in [3.8, 4) is 39.6 Å². The molecule has 2 aromatic heterocycles. The van der Waals surface area contributed by atoms with Crippen molar-refractivity contribution in [2.45, 2.75) is 24.8 Å². The second-order valence-corrected chi connectivity index (χ2v) is 10.1. The summed E-state index contributed by atoms with van der Waals surface area (Å²) in [4.78, 5) is 27.6. The zero-order chi connectivity index (χ0) is 26.6. The van der Waals surface area contributed by atoms with Crippen molar-refractivity contribution in [2.24, 2.45) is 5.73 Å². The van der Waals surface area contributed by atoms with Crippen molar-refractivity contribution in [1.29, 1.82) is 0 Å². The molecule has 0 unspecified atom stereocenters. The normalized spacial score (nSPS) is 14.6. The standard InChI is InChI=1S/C31H27N6O2/c1-39-37(38)23-8-4-7-21(19-23)27-28(20-12-14-22(15-13-20)31(32)16-6-17-31)36-26-11-5-18-33-29(26)34-25-10-3-2-9-24(25)30(36)35-27/h2-5,7-15,18-19H,6,16-17,32H2,1H3,(H,33,34)/q+1. The third-order valence-electron chi connectivity index (χ3n) is 7.80. The van der Waals surface area contributed by atoms with Crippen LogP contribution in [0.1, 0.15) is 24.8 Å². The molecule has 1 fully saturated rings. The molecule has 7 rings (SSSR count). The molecule has 39 heavy (non-hydrogen) atoms. The van der Waals surface area contributed by atoms with Gasteiger partial charge in [0.15, 0.2) is 12.9 Å². The average Bonchev–Trinajstić information content (AvgIpc) is 3.30. The van der Waals surface area contributed by atoms with E-state index in [2.05, 4.69) is 45.2 Å². The first kappa shape index (κ1) is 23.3. The van der Waals surface area contributed by atoms with E-state index < -0.39 is 0 Å². The van der Waals surface area contributed by atoms with Crippen molar-refractivity contribution < 1.29 is 9.76 Å². The van der Waals surface area contributed by atoms with Gasteiger partial charge in [-0.3, -0.25) is 4.57 Å². The van der Waals surface area contributed by atoms with Gasteiger partial charge in [-0.25, -0.2) is 14.8 Å². The number of nitrogens with two attached hydrogens (primary N) is 1. The summed E-state index contributed by atoms with van der Waals surface area (Å²) < 4.78 is 2.16. The number of imidazole rings is 1. The molecule has 0 spiro atoms. The zero-order valence-corrected chi connectivity index (χ0v) is 21.5. The minimum atomic E-state index is -0.249. The summed E-state index contributed by atoms with van der Waals surface area (Å²) in [5.41, 5.74) is 14.1. The van der Waals surface area contributed by atoms with Crippen LogP contribution in [-0.4, -0.2) is 26.6 Å². The third-order valence-corrected chi connectivity index (χ3v) is 7.80. The monoisotopic (exact) mass is 515 g/mol. The predicted molar refractivity (Wildman–Crippen MR) is 151 cm³/mol. The Balaban J connectivity index is 1.52. The summed E-state index contributed by atoms with van der Waals surface area (Å²) >= 11 is 0. The van der Waals surface area contributed by atoms with E-state index in [1.807, 2.05) is 42.5 Å². The molecular formula is C31H27N6O2+. The minimum absolute atomic E-state index is 0.249. The maximum atomic E-state index is 12.3. The summed E-state index contributed by atoms with van der Waals surface area (Å²) in [5.74, 6) is 1.52. The number of hydrogen-bond acceptors (Lipinski definition) is 6. The molecule has 1 saturated carbocycles. The van der Waals surface area contributed by atoms with Crippen LogP contribution in [0.15, 0.2) is 91.1 Å². The number of rotatable bonds is 5. The maximum Gasteiger partial charge on any atom is 0.317 e. The quantitative estimate of drug-likeness (QED) is 0.250. The fraction of sp³-hybridized carbons (Fsp3) is 0.161. The van der Waals surface area contributed by atoms with Gasteiger partial charge in [0.25, 0.3) is 4.92 Å². The molecule has 5 aromatic rings. The summed E-state index contributed by atoms with van der Waals surface area (Å²) in [6, 6.07) is 27.9. The lowest BCUT2D eigenvalue weighted by Gasteiger charge is -2.38. The lowest BCUT2D eigenvalue weighted by atomic mass is 9.72. The number of aromatic nitrogens is 3. The molecule has 0 radical (unpaired) electrons. The van der Waals surface area contributed by atoms with E-state index in [0.717, 1.165) is 75.9 Å². The molecule has 1 aliphatic heterocycles. The second-order valence-electron chi connectivity index (χ2n) is 10.1. The number of hydrogen-bond donors (Lipinski definition) is 2. The highest BCUT2D eigenvalue weighted by atomic mass is 16.8. The number of benzene rings is 3. The fourth-order valence-corrected chi connectivity index (χ4v) is 5.57. The van der Waals surface area contributed by atoms with E-state index in [1.54, 1.807) is 18.3 Å². The van der Waals surface area contributed by atoms with Gasteiger partial charge >= 0.3 is 5.69 Å². The Morgan fingerprint density at radius 1 is 0.974 bits per heavy atom. The SMILES string of the molecule is CO[N+](=O)c1cccc(-c2nc3n(c2-c2ccc(C4(N)CCC4)cc2)-c2cccnc2Nc2ccccc2-3)c1. The van der Waals surface area contributed by atoms with Gasteiger partial charge in [0, 0.05) is 40.6 Å². The summed E-state index contributed by atoms with van der Waals surface area (Å²) in [6.45, 7) is 0. The first-order valence-electron chi connectivity index (χ1n) is 13.0. The van der Waals surface area contributed by atoms with Crippen molar-refractivity contribution in [1.82, 2.24) is 14.5 Å². The first-order chi connectivity index (χ1) is 19.1. The van der Waals surface area contributed by atoms with Crippen molar-refractivity contribution >= 4 is 17.2 Å². The molecule has 1 aliphatic carbocycles. The molecule has 0 bridgehead atoms. The summed E-state index contributed by atoms with van der Waals surface area (Å²) in [7, 11) is 1.35. The Labute approximate surface area is 225 Å². The van der Waals surface area contributed by atoms with E-state index in [1.165, 1.54) is 7.11 Å². The van der Waals surface area contributed by atoms with Gasteiger partial charge < -0.3 is 11.1 Å². The van der Waals surface area contributed by atoms with Crippen LogP contribution in [-0.2, 0) is 10.4 Å². The third kappa shape index (κ3) is 3.72. The van der Waals surface area contributed by atoms with Crippen molar-refractivity contribution in [3.05, 3.63) is 102 Å². The molecule has 0 saturated heterocycles. The number of pyridine rings is 1. The Bertz CT molecular complexity index is 1740. The lowest BCUT2D eigenvalue weighted by Crippen LogP contribution is -2.43. The smallest absolute Gasteiger partial charge is 0.317 e. The van der Waals surface area contributed by atoms with Gasteiger partial charge in [0.2, 0.25) is 0 Å². The summed E-state index contributed by atoms with van der Waals surface area (Å²) in [6.07, 6.45) is 4.93. The van der Waals surface area contributed by atoms with Crippen LogP contribution in [0.5, 0.6) is 0 Å². The Kier molecular flexibility index (Phi) is 5.31. The molecule has 2 aliphatic rings. The molecule has 8 nitrogen and oxygen atoms in total. The van der Waals surface area contributed by atoms with Crippen LogP contribution in [0.25, 0.3) is 39.6 Å². The molecule has 3 aromatic carbocycles. The molecule has 192 valence electrons. The number of anilines is 2. The van der Waals surface area contributed by atoms with Gasteiger partial charge in [-0.15, -0.1) is 0 Å².